The van der Waals surface area contributed by atoms with Gasteiger partial charge in [-0.1, -0.05) is 0 Å². The Morgan fingerprint density at radius 1 is 1.22 bits per heavy atom. The minimum atomic E-state index is -1.32. The van der Waals surface area contributed by atoms with Gasteiger partial charge in [-0.2, -0.15) is 0 Å². The van der Waals surface area contributed by atoms with Crippen LogP contribution in [0.15, 0.2) is 36.7 Å². The van der Waals surface area contributed by atoms with Crippen molar-refractivity contribution < 1.29 is 32.9 Å². The Morgan fingerprint density at radius 3 is 2.76 bits per heavy atom. The minimum Gasteiger partial charge on any atom is -0.467 e. The van der Waals surface area contributed by atoms with Crippen LogP contribution in [-0.2, 0) is 4.74 Å². The zero-order valence-corrected chi connectivity index (χ0v) is 20.4. The lowest BCUT2D eigenvalue weighted by atomic mass is 9.94. The quantitative estimate of drug-likeness (QED) is 0.445. The first-order chi connectivity index (χ1) is 17.9. The molecule has 2 saturated heterocycles. The molecule has 0 spiro atoms. The molecule has 2 aliphatic rings. The maximum Gasteiger partial charge on any atom is 0.407 e. The molecule has 3 aromatic rings. The molecule has 2 aliphatic heterocycles. The van der Waals surface area contributed by atoms with Gasteiger partial charge in [0.05, 0.1) is 35.7 Å². The fraction of sp³-hybridized carbons (Fsp3) is 0.440. The van der Waals surface area contributed by atoms with E-state index in [1.54, 1.807) is 42.5 Å². The van der Waals surface area contributed by atoms with Gasteiger partial charge in [0.2, 0.25) is 12.7 Å². The Hall–Kier alpha value is -3.80. The van der Waals surface area contributed by atoms with Crippen LogP contribution >= 0.6 is 0 Å². The number of nitrogens with zero attached hydrogens (tertiary/aromatic N) is 5. The number of ether oxygens (including phenoxy) is 3. The first kappa shape index (κ1) is 24.9. The average molecular weight is 516 g/mol. The molecule has 1 aromatic carbocycles. The Kier molecular flexibility index (Phi) is 6.92. The van der Waals surface area contributed by atoms with Crippen molar-refractivity contribution in [1.82, 2.24) is 19.9 Å². The number of amides is 1. The number of halogens is 2. The number of alkyl halides is 2. The molecule has 2 bridgehead atoms. The van der Waals surface area contributed by atoms with Crippen molar-refractivity contribution in [3.8, 4) is 22.9 Å². The Balaban J connectivity index is 1.41. The molecule has 0 unspecified atom stereocenters. The summed E-state index contributed by atoms with van der Waals surface area (Å²) in [5.41, 5.74) is 1.71. The number of piperidine rings is 1. The summed E-state index contributed by atoms with van der Waals surface area (Å²) in [4.78, 5) is 28.0. The number of benzene rings is 1. The molecule has 4 heterocycles. The van der Waals surface area contributed by atoms with Crippen LogP contribution in [0.5, 0.6) is 11.6 Å². The van der Waals surface area contributed by atoms with Crippen LogP contribution in [0.25, 0.3) is 22.2 Å². The Bertz CT molecular complexity index is 1280. The Morgan fingerprint density at radius 2 is 2.05 bits per heavy atom. The summed E-state index contributed by atoms with van der Waals surface area (Å²) < 4.78 is 43.6. The summed E-state index contributed by atoms with van der Waals surface area (Å²) in [5.74, 6) is 1.08. The number of hydrogen-bond acceptors (Lipinski definition) is 8. The van der Waals surface area contributed by atoms with Crippen LogP contribution in [0.3, 0.4) is 0 Å². The predicted octanol–water partition coefficient (Wildman–Crippen LogP) is 4.04. The monoisotopic (exact) mass is 515 g/mol. The van der Waals surface area contributed by atoms with Gasteiger partial charge in [0.15, 0.2) is 6.79 Å². The normalized spacial score (nSPS) is 22.8. The number of carboxylic acid groups (broad SMARTS) is 1. The zero-order valence-electron chi connectivity index (χ0n) is 20.4. The standard InChI is InChI=1S/C25H27F2N5O5/c1-31(20-8-15-4-5-19(24(20)27)32(15)25(33)34)22-11-28-18(10-29-22)16-7-14-3-6-23(36-12-26)30-17(14)9-21(16)37-13-35-2/h3,6-7,9-11,15,19-20,24H,4-5,8,12-13H2,1-2H3,(H,33,34)/t15-,19+,20-,24+/m0/s1. The van der Waals surface area contributed by atoms with Crippen LogP contribution in [0.4, 0.5) is 19.4 Å². The van der Waals surface area contributed by atoms with Crippen LogP contribution in [0, 0.1) is 0 Å². The third-order valence-electron chi connectivity index (χ3n) is 7.09. The van der Waals surface area contributed by atoms with Crippen molar-refractivity contribution in [2.75, 3.05) is 32.7 Å². The highest BCUT2D eigenvalue weighted by atomic mass is 19.1. The highest BCUT2D eigenvalue weighted by Gasteiger charge is 2.51. The number of rotatable bonds is 8. The van der Waals surface area contributed by atoms with Crippen molar-refractivity contribution in [3.63, 3.8) is 0 Å². The number of fused-ring (bicyclic) bond motifs is 3. The topological polar surface area (TPSA) is 110 Å². The van der Waals surface area contributed by atoms with E-state index in [0.717, 1.165) is 5.39 Å². The first-order valence-electron chi connectivity index (χ1n) is 11.9. The van der Waals surface area contributed by atoms with Crippen LogP contribution in [0.2, 0.25) is 0 Å². The molecule has 5 rings (SSSR count). The van der Waals surface area contributed by atoms with Gasteiger partial charge in [-0.25, -0.2) is 23.5 Å². The molecule has 0 saturated carbocycles. The van der Waals surface area contributed by atoms with E-state index >= 15 is 4.39 Å². The molecule has 37 heavy (non-hydrogen) atoms. The van der Waals surface area contributed by atoms with Gasteiger partial charge in [-0.15, -0.1) is 0 Å². The van der Waals surface area contributed by atoms with Gasteiger partial charge in [-0.05, 0) is 31.4 Å². The van der Waals surface area contributed by atoms with E-state index < -0.39 is 31.2 Å². The number of pyridine rings is 1. The molecule has 0 aliphatic carbocycles. The molecular formula is C25H27F2N5O5. The number of aromatic nitrogens is 3. The molecule has 10 nitrogen and oxygen atoms in total. The SMILES string of the molecule is COCOc1cc2nc(OCF)ccc2cc1-c1cnc(N(C)[C@H]2C[C@@H]3CC[C@H]([C@H]2F)N3C(=O)O)cn1. The lowest BCUT2D eigenvalue weighted by molar-refractivity contribution is 0.0489. The molecule has 2 fully saturated rings. The second-order valence-corrected chi connectivity index (χ2v) is 9.10. The minimum absolute atomic E-state index is 0.0112. The predicted molar refractivity (Wildman–Crippen MR) is 130 cm³/mol. The summed E-state index contributed by atoms with van der Waals surface area (Å²) in [6.45, 7) is -0.994. The molecular weight excluding hydrogens is 488 g/mol. The summed E-state index contributed by atoms with van der Waals surface area (Å²) in [7, 11) is 3.25. The molecule has 196 valence electrons. The largest absolute Gasteiger partial charge is 0.467 e. The van der Waals surface area contributed by atoms with E-state index in [-0.39, 0.29) is 18.7 Å². The maximum absolute atomic E-state index is 15.4. The Labute approximate surface area is 211 Å². The highest BCUT2D eigenvalue weighted by Crippen LogP contribution is 2.40. The number of hydrogen-bond donors (Lipinski definition) is 1. The van der Waals surface area contributed by atoms with Crippen molar-refractivity contribution in [2.45, 2.75) is 43.6 Å². The first-order valence-corrected chi connectivity index (χ1v) is 11.9. The number of anilines is 1. The van der Waals surface area contributed by atoms with E-state index in [1.807, 2.05) is 6.07 Å². The highest BCUT2D eigenvalue weighted by molar-refractivity contribution is 5.87. The summed E-state index contributed by atoms with van der Waals surface area (Å²) in [5, 5.41) is 10.2. The van der Waals surface area contributed by atoms with Crippen LogP contribution in [-0.4, -0.2) is 83.2 Å². The summed E-state index contributed by atoms with van der Waals surface area (Å²) in [6.07, 6.45) is 2.33. The van der Waals surface area contributed by atoms with Crippen LogP contribution < -0.4 is 14.4 Å². The van der Waals surface area contributed by atoms with Gasteiger partial charge in [0.25, 0.3) is 0 Å². The van der Waals surface area contributed by atoms with Gasteiger partial charge < -0.3 is 24.2 Å². The lowest BCUT2D eigenvalue weighted by Gasteiger charge is -2.43. The van der Waals surface area contributed by atoms with Crippen molar-refractivity contribution in [2.24, 2.45) is 0 Å². The second-order valence-electron chi connectivity index (χ2n) is 9.10. The van der Waals surface area contributed by atoms with E-state index in [9.17, 15) is 14.3 Å². The van der Waals surface area contributed by atoms with E-state index in [4.69, 9.17) is 14.2 Å². The second kappa shape index (κ2) is 10.3. The smallest absolute Gasteiger partial charge is 0.407 e. The molecule has 0 radical (unpaired) electrons. The molecule has 12 heteroatoms. The molecule has 1 N–H and O–H groups in total. The van der Waals surface area contributed by atoms with E-state index in [0.29, 0.717) is 47.6 Å². The number of carbonyl (C=O) groups is 1. The molecule has 2 aromatic heterocycles. The lowest BCUT2D eigenvalue weighted by Crippen LogP contribution is -2.58. The third-order valence-corrected chi connectivity index (χ3v) is 7.09. The zero-order chi connectivity index (χ0) is 26.1. The molecule has 1 amide bonds. The average Bonchev–Trinajstić information content (AvgIpc) is 3.26. The summed E-state index contributed by atoms with van der Waals surface area (Å²) in [6, 6.07) is 5.51. The van der Waals surface area contributed by atoms with E-state index in [1.165, 1.54) is 12.0 Å². The van der Waals surface area contributed by atoms with Gasteiger partial charge in [-0.3, -0.25) is 9.88 Å². The van der Waals surface area contributed by atoms with Gasteiger partial charge in [0, 0.05) is 43.3 Å². The third kappa shape index (κ3) is 4.68. The van der Waals surface area contributed by atoms with Gasteiger partial charge in [0.1, 0.15) is 17.7 Å². The summed E-state index contributed by atoms with van der Waals surface area (Å²) >= 11 is 0. The van der Waals surface area contributed by atoms with E-state index in [2.05, 4.69) is 15.0 Å². The number of methoxy groups -OCH3 is 1. The molecule has 4 atom stereocenters. The van der Waals surface area contributed by atoms with Crippen LogP contribution in [0.1, 0.15) is 19.3 Å². The fourth-order valence-corrected chi connectivity index (χ4v) is 5.31. The maximum atomic E-state index is 15.4. The van der Waals surface area contributed by atoms with Crippen molar-refractivity contribution in [3.05, 3.63) is 36.7 Å². The van der Waals surface area contributed by atoms with Crippen molar-refractivity contribution in [1.29, 1.82) is 0 Å². The van der Waals surface area contributed by atoms with Gasteiger partial charge >= 0.3 is 6.09 Å². The fourth-order valence-electron chi connectivity index (χ4n) is 5.31. The van der Waals surface area contributed by atoms with Crippen molar-refractivity contribution >= 4 is 22.8 Å².